The minimum Gasteiger partial charge on any atom is -0.438 e. The molecule has 162 valence electrons. The number of nitriles is 1. The molecular weight excluding hydrogens is 463 g/mol. The summed E-state index contributed by atoms with van der Waals surface area (Å²) in [5.41, 5.74) is -0.143. The van der Waals surface area contributed by atoms with Crippen LogP contribution in [0.3, 0.4) is 0 Å². The fraction of sp³-hybridized carbons (Fsp3) is 0. The van der Waals surface area contributed by atoms with E-state index in [0.717, 1.165) is 6.08 Å². The largest absolute Gasteiger partial charge is 0.438 e. The molecular formula is C24H14Cl2N4O3. The summed E-state index contributed by atoms with van der Waals surface area (Å²) in [5, 5.41) is 13.1. The van der Waals surface area contributed by atoms with Crippen molar-refractivity contribution < 1.29 is 9.53 Å². The van der Waals surface area contributed by atoms with Gasteiger partial charge in [0.05, 0.1) is 0 Å². The average Bonchev–Trinajstić information content (AvgIpc) is 2.80. The molecule has 0 aliphatic carbocycles. The van der Waals surface area contributed by atoms with E-state index in [2.05, 4.69) is 10.3 Å². The van der Waals surface area contributed by atoms with Gasteiger partial charge in [-0.05, 0) is 60.7 Å². The Balaban J connectivity index is 1.79. The molecule has 0 aliphatic rings. The zero-order chi connectivity index (χ0) is 23.4. The number of amides is 1. The quantitative estimate of drug-likeness (QED) is 0.309. The van der Waals surface area contributed by atoms with Gasteiger partial charge in [0, 0.05) is 21.9 Å². The van der Waals surface area contributed by atoms with Crippen molar-refractivity contribution in [2.24, 2.45) is 0 Å². The molecule has 1 N–H and O–H groups in total. The number of fused-ring (bicyclic) bond motifs is 1. The third kappa shape index (κ3) is 5.04. The molecule has 0 saturated heterocycles. The number of rotatable bonds is 5. The summed E-state index contributed by atoms with van der Waals surface area (Å²) < 4.78 is 7.12. The lowest BCUT2D eigenvalue weighted by molar-refractivity contribution is -0.112. The second kappa shape index (κ2) is 9.57. The molecule has 7 nitrogen and oxygen atoms in total. The molecule has 0 radical (unpaired) electrons. The van der Waals surface area contributed by atoms with Crippen molar-refractivity contribution in [3.05, 3.63) is 104 Å². The van der Waals surface area contributed by atoms with Crippen LogP contribution in [0.1, 0.15) is 5.56 Å². The molecule has 2 aromatic heterocycles. The number of nitrogens with one attached hydrogen (secondary N) is 1. The van der Waals surface area contributed by atoms with Gasteiger partial charge in [-0.25, -0.2) is 0 Å². The summed E-state index contributed by atoms with van der Waals surface area (Å²) in [6.45, 7) is 0. The first-order valence-corrected chi connectivity index (χ1v) is 10.3. The summed E-state index contributed by atoms with van der Waals surface area (Å²) >= 11 is 11.9. The normalized spacial score (nSPS) is 11.1. The third-order valence-electron chi connectivity index (χ3n) is 4.50. The number of hydrogen-bond acceptors (Lipinski definition) is 5. The van der Waals surface area contributed by atoms with Gasteiger partial charge in [-0.1, -0.05) is 35.3 Å². The molecule has 4 rings (SSSR count). The number of halogens is 2. The smallest absolute Gasteiger partial charge is 0.269 e. The van der Waals surface area contributed by atoms with Crippen LogP contribution in [0.25, 0.3) is 11.7 Å². The number of benzene rings is 2. The van der Waals surface area contributed by atoms with Gasteiger partial charge >= 0.3 is 0 Å². The Morgan fingerprint density at radius 1 is 1.06 bits per heavy atom. The van der Waals surface area contributed by atoms with E-state index in [1.54, 1.807) is 60.7 Å². The van der Waals surface area contributed by atoms with Gasteiger partial charge in [-0.2, -0.15) is 10.2 Å². The van der Waals surface area contributed by atoms with Crippen LogP contribution in [0.5, 0.6) is 11.6 Å². The predicted octanol–water partition coefficient (Wildman–Crippen LogP) is 5.34. The fourth-order valence-corrected chi connectivity index (χ4v) is 3.27. The van der Waals surface area contributed by atoms with Crippen molar-refractivity contribution in [3.8, 4) is 17.7 Å². The Hall–Kier alpha value is -4.12. The van der Waals surface area contributed by atoms with E-state index in [9.17, 15) is 14.9 Å². The Morgan fingerprint density at radius 2 is 1.85 bits per heavy atom. The maximum absolute atomic E-state index is 13.2. The highest BCUT2D eigenvalue weighted by Gasteiger charge is 2.17. The molecule has 9 heteroatoms. The topological polar surface area (TPSA) is 96.5 Å². The lowest BCUT2D eigenvalue weighted by Crippen LogP contribution is -2.20. The molecule has 0 bridgehead atoms. The van der Waals surface area contributed by atoms with Gasteiger partial charge in [0.2, 0.25) is 5.88 Å². The van der Waals surface area contributed by atoms with Crippen LogP contribution in [0.4, 0.5) is 5.69 Å². The maximum Gasteiger partial charge on any atom is 0.269 e. The van der Waals surface area contributed by atoms with Crippen molar-refractivity contribution >= 4 is 46.5 Å². The van der Waals surface area contributed by atoms with Crippen molar-refractivity contribution in [1.82, 2.24) is 9.38 Å². The summed E-state index contributed by atoms with van der Waals surface area (Å²) in [7, 11) is 0. The standard InChI is InChI=1S/C24H14Cl2N4O3/c25-16-7-9-19(10-8-16)33-23-20(24(32)30-11-2-1-6-21(30)29-23)12-15(14-27)22(31)28-18-5-3-4-17(26)13-18/h1-13H,(H,28,31). The van der Waals surface area contributed by atoms with Gasteiger partial charge in [-0.3, -0.25) is 14.0 Å². The fourth-order valence-electron chi connectivity index (χ4n) is 2.96. The molecule has 0 atom stereocenters. The Morgan fingerprint density at radius 3 is 2.58 bits per heavy atom. The third-order valence-corrected chi connectivity index (χ3v) is 4.99. The van der Waals surface area contributed by atoms with E-state index in [0.29, 0.717) is 27.1 Å². The predicted molar refractivity (Wildman–Crippen MR) is 127 cm³/mol. The summed E-state index contributed by atoms with van der Waals surface area (Å²) in [5.74, 6) is -0.394. The highest BCUT2D eigenvalue weighted by Crippen LogP contribution is 2.25. The first kappa shape index (κ1) is 22.1. The van der Waals surface area contributed by atoms with Crippen LogP contribution in [-0.2, 0) is 4.79 Å². The number of nitrogens with zero attached hydrogens (tertiary/aromatic N) is 3. The van der Waals surface area contributed by atoms with Crippen LogP contribution >= 0.6 is 23.2 Å². The Bertz CT molecular complexity index is 1490. The number of carbonyl (C=O) groups is 1. The van der Waals surface area contributed by atoms with Crippen LogP contribution in [0, 0.1) is 11.3 Å². The number of aromatic nitrogens is 2. The number of ether oxygens (including phenoxy) is 1. The average molecular weight is 477 g/mol. The van der Waals surface area contributed by atoms with E-state index >= 15 is 0 Å². The van der Waals surface area contributed by atoms with E-state index in [-0.39, 0.29) is 17.0 Å². The van der Waals surface area contributed by atoms with E-state index in [4.69, 9.17) is 27.9 Å². The maximum atomic E-state index is 13.2. The SMILES string of the molecule is N#CC(=Cc1c(Oc2ccc(Cl)cc2)nc2ccccn2c1=O)C(=O)Nc1cccc(Cl)c1. The summed E-state index contributed by atoms with van der Waals surface area (Å²) in [6.07, 6.45) is 2.69. The Labute approximate surface area is 198 Å². The van der Waals surface area contributed by atoms with E-state index in [1.165, 1.54) is 16.7 Å². The zero-order valence-electron chi connectivity index (χ0n) is 16.8. The first-order valence-electron chi connectivity index (χ1n) is 9.58. The summed E-state index contributed by atoms with van der Waals surface area (Å²) in [6, 6.07) is 19.8. The first-order chi connectivity index (χ1) is 15.9. The number of pyridine rings is 1. The van der Waals surface area contributed by atoms with E-state index in [1.807, 2.05) is 6.07 Å². The lowest BCUT2D eigenvalue weighted by Gasteiger charge is -2.10. The molecule has 0 unspecified atom stereocenters. The molecule has 33 heavy (non-hydrogen) atoms. The van der Waals surface area contributed by atoms with Gasteiger partial charge in [0.1, 0.15) is 28.6 Å². The van der Waals surface area contributed by atoms with Gasteiger partial charge in [-0.15, -0.1) is 0 Å². The second-order valence-corrected chi connectivity index (χ2v) is 7.63. The van der Waals surface area contributed by atoms with Crippen molar-refractivity contribution in [2.75, 3.05) is 5.32 Å². The second-order valence-electron chi connectivity index (χ2n) is 6.75. The molecule has 0 saturated carbocycles. The summed E-state index contributed by atoms with van der Waals surface area (Å²) in [4.78, 5) is 30.3. The highest BCUT2D eigenvalue weighted by molar-refractivity contribution is 6.31. The molecule has 4 aromatic rings. The minimum absolute atomic E-state index is 0.0585. The highest BCUT2D eigenvalue weighted by atomic mass is 35.5. The Kier molecular flexibility index (Phi) is 6.41. The van der Waals surface area contributed by atoms with Gasteiger partial charge in [0.25, 0.3) is 11.5 Å². The molecule has 0 fully saturated rings. The lowest BCUT2D eigenvalue weighted by atomic mass is 10.1. The monoisotopic (exact) mass is 476 g/mol. The molecule has 2 heterocycles. The van der Waals surface area contributed by atoms with E-state index < -0.39 is 11.5 Å². The molecule has 0 spiro atoms. The van der Waals surface area contributed by atoms with Crippen molar-refractivity contribution in [1.29, 1.82) is 5.26 Å². The number of hydrogen-bond donors (Lipinski definition) is 1. The van der Waals surface area contributed by atoms with Gasteiger partial charge in [0.15, 0.2) is 0 Å². The molecule has 2 aromatic carbocycles. The van der Waals surface area contributed by atoms with Crippen molar-refractivity contribution in [3.63, 3.8) is 0 Å². The zero-order valence-corrected chi connectivity index (χ0v) is 18.3. The molecule has 1 amide bonds. The van der Waals surface area contributed by atoms with Crippen LogP contribution in [0.2, 0.25) is 10.0 Å². The number of carbonyl (C=O) groups excluding carboxylic acids is 1. The number of anilines is 1. The van der Waals surface area contributed by atoms with Crippen LogP contribution in [-0.4, -0.2) is 15.3 Å². The van der Waals surface area contributed by atoms with Crippen LogP contribution in [0.15, 0.2) is 83.3 Å². The van der Waals surface area contributed by atoms with Gasteiger partial charge < -0.3 is 10.1 Å². The minimum atomic E-state index is -0.713. The van der Waals surface area contributed by atoms with Crippen molar-refractivity contribution in [2.45, 2.75) is 0 Å². The van der Waals surface area contributed by atoms with Crippen LogP contribution < -0.4 is 15.6 Å². The molecule has 0 aliphatic heterocycles.